The van der Waals surface area contributed by atoms with Gasteiger partial charge in [-0.05, 0) is 18.9 Å². The molecule has 1 atom stereocenters. The SMILES string of the molecule is C=C(CNCC(CC)CCO)C(=O)O. The van der Waals surface area contributed by atoms with Crippen LogP contribution in [-0.2, 0) is 4.79 Å². The fraction of sp³-hybridized carbons (Fsp3) is 0.700. The van der Waals surface area contributed by atoms with Crippen molar-refractivity contribution in [1.82, 2.24) is 5.32 Å². The minimum absolute atomic E-state index is 0.170. The van der Waals surface area contributed by atoms with E-state index in [2.05, 4.69) is 11.9 Å². The van der Waals surface area contributed by atoms with Crippen molar-refractivity contribution in [3.05, 3.63) is 12.2 Å². The minimum Gasteiger partial charge on any atom is -0.478 e. The van der Waals surface area contributed by atoms with Crippen LogP contribution in [0, 0.1) is 5.92 Å². The Hall–Kier alpha value is -0.870. The molecule has 0 bridgehead atoms. The maximum atomic E-state index is 10.4. The zero-order chi connectivity index (χ0) is 11.0. The van der Waals surface area contributed by atoms with E-state index in [1.165, 1.54) is 0 Å². The summed E-state index contributed by atoms with van der Waals surface area (Å²) < 4.78 is 0. The molecule has 3 N–H and O–H groups in total. The highest BCUT2D eigenvalue weighted by Gasteiger charge is 2.07. The maximum Gasteiger partial charge on any atom is 0.332 e. The van der Waals surface area contributed by atoms with Crippen molar-refractivity contribution in [2.45, 2.75) is 19.8 Å². The predicted molar refractivity (Wildman–Crippen MR) is 55.1 cm³/mol. The molecule has 0 amide bonds. The number of aliphatic carboxylic acids is 1. The van der Waals surface area contributed by atoms with Crippen LogP contribution in [0.1, 0.15) is 19.8 Å². The molecule has 0 aliphatic heterocycles. The summed E-state index contributed by atoms with van der Waals surface area (Å²) in [6, 6.07) is 0. The normalized spacial score (nSPS) is 12.4. The Bertz CT molecular complexity index is 192. The van der Waals surface area contributed by atoms with Crippen LogP contribution >= 0.6 is 0 Å². The third kappa shape index (κ3) is 5.72. The van der Waals surface area contributed by atoms with E-state index < -0.39 is 5.97 Å². The molecule has 0 heterocycles. The van der Waals surface area contributed by atoms with Gasteiger partial charge in [0.15, 0.2) is 0 Å². The third-order valence-electron chi connectivity index (χ3n) is 2.19. The number of aliphatic hydroxyl groups is 1. The Morgan fingerprint density at radius 1 is 1.57 bits per heavy atom. The average Bonchev–Trinajstić information content (AvgIpc) is 2.16. The van der Waals surface area contributed by atoms with Crippen molar-refractivity contribution in [2.75, 3.05) is 19.7 Å². The zero-order valence-electron chi connectivity index (χ0n) is 8.62. The van der Waals surface area contributed by atoms with E-state index in [9.17, 15) is 4.79 Å². The summed E-state index contributed by atoms with van der Waals surface area (Å²) in [6.07, 6.45) is 1.73. The number of rotatable bonds is 8. The molecule has 0 aromatic rings. The summed E-state index contributed by atoms with van der Waals surface area (Å²) >= 11 is 0. The van der Waals surface area contributed by atoms with Gasteiger partial charge in [-0.2, -0.15) is 0 Å². The van der Waals surface area contributed by atoms with E-state index in [1.54, 1.807) is 0 Å². The summed E-state index contributed by atoms with van der Waals surface area (Å²) in [6.45, 7) is 6.67. The van der Waals surface area contributed by atoms with E-state index in [4.69, 9.17) is 10.2 Å². The molecular formula is C10H19NO3. The van der Waals surface area contributed by atoms with Gasteiger partial charge in [0.05, 0.1) is 0 Å². The zero-order valence-corrected chi connectivity index (χ0v) is 8.62. The van der Waals surface area contributed by atoms with E-state index in [0.29, 0.717) is 12.5 Å². The first kappa shape index (κ1) is 13.1. The van der Waals surface area contributed by atoms with Crippen LogP contribution in [0.2, 0.25) is 0 Å². The second kappa shape index (κ2) is 7.53. The van der Waals surface area contributed by atoms with Gasteiger partial charge >= 0.3 is 5.97 Å². The lowest BCUT2D eigenvalue weighted by Gasteiger charge is -2.13. The fourth-order valence-corrected chi connectivity index (χ4v) is 1.14. The Kier molecular flexibility index (Phi) is 7.06. The number of carboxylic acids is 1. The lowest BCUT2D eigenvalue weighted by Crippen LogP contribution is -2.26. The number of nitrogens with one attached hydrogen (secondary N) is 1. The second-order valence-corrected chi connectivity index (χ2v) is 3.33. The van der Waals surface area contributed by atoms with E-state index in [-0.39, 0.29) is 12.2 Å². The van der Waals surface area contributed by atoms with Crippen molar-refractivity contribution < 1.29 is 15.0 Å². The Morgan fingerprint density at radius 3 is 2.64 bits per heavy atom. The highest BCUT2D eigenvalue weighted by atomic mass is 16.4. The highest BCUT2D eigenvalue weighted by Crippen LogP contribution is 2.05. The van der Waals surface area contributed by atoms with Crippen LogP contribution < -0.4 is 5.32 Å². The number of hydrogen-bond donors (Lipinski definition) is 3. The lowest BCUT2D eigenvalue weighted by molar-refractivity contribution is -0.132. The van der Waals surface area contributed by atoms with Gasteiger partial charge in [-0.1, -0.05) is 19.9 Å². The van der Waals surface area contributed by atoms with Gasteiger partial charge in [0, 0.05) is 18.7 Å². The number of carbonyl (C=O) groups is 1. The predicted octanol–water partition coefficient (Wildman–Crippen LogP) is 0.625. The summed E-state index contributed by atoms with van der Waals surface area (Å²) in [7, 11) is 0. The molecule has 14 heavy (non-hydrogen) atoms. The molecule has 1 unspecified atom stereocenters. The molecule has 0 saturated heterocycles. The van der Waals surface area contributed by atoms with Crippen molar-refractivity contribution in [3.8, 4) is 0 Å². The molecule has 0 aromatic carbocycles. The van der Waals surface area contributed by atoms with Gasteiger partial charge in [0.2, 0.25) is 0 Å². The molecule has 0 aliphatic rings. The molecule has 0 spiro atoms. The Labute approximate surface area is 84.6 Å². The topological polar surface area (TPSA) is 69.6 Å². The molecule has 82 valence electrons. The molecule has 0 rings (SSSR count). The van der Waals surface area contributed by atoms with Crippen molar-refractivity contribution in [1.29, 1.82) is 0 Å². The molecule has 0 aromatic heterocycles. The molecule has 4 heteroatoms. The smallest absolute Gasteiger partial charge is 0.332 e. The van der Waals surface area contributed by atoms with Crippen LogP contribution in [0.25, 0.3) is 0 Å². The minimum atomic E-state index is -0.965. The molecule has 0 fully saturated rings. The molecule has 0 saturated carbocycles. The van der Waals surface area contributed by atoms with E-state index in [1.807, 2.05) is 6.92 Å². The molecular weight excluding hydrogens is 182 g/mol. The molecule has 0 radical (unpaired) electrons. The highest BCUT2D eigenvalue weighted by molar-refractivity contribution is 5.86. The summed E-state index contributed by atoms with van der Waals surface area (Å²) in [5.41, 5.74) is 0.170. The maximum absolute atomic E-state index is 10.4. The Balaban J connectivity index is 3.60. The molecule has 0 aliphatic carbocycles. The lowest BCUT2D eigenvalue weighted by atomic mass is 10.0. The van der Waals surface area contributed by atoms with Crippen molar-refractivity contribution in [2.24, 2.45) is 5.92 Å². The summed E-state index contributed by atoms with van der Waals surface area (Å²) in [4.78, 5) is 10.4. The monoisotopic (exact) mass is 201 g/mol. The largest absolute Gasteiger partial charge is 0.478 e. The first-order chi connectivity index (χ1) is 6.61. The van der Waals surface area contributed by atoms with Crippen LogP contribution in [0.3, 0.4) is 0 Å². The second-order valence-electron chi connectivity index (χ2n) is 3.33. The third-order valence-corrected chi connectivity index (χ3v) is 2.19. The first-order valence-electron chi connectivity index (χ1n) is 4.84. The quantitative estimate of drug-likeness (QED) is 0.504. The standard InChI is InChI=1S/C10H19NO3/c1-3-9(4-5-12)7-11-6-8(2)10(13)14/h9,11-12H,2-7H2,1H3,(H,13,14). The van der Waals surface area contributed by atoms with Crippen molar-refractivity contribution >= 4 is 5.97 Å². The van der Waals surface area contributed by atoms with Crippen LogP contribution in [0.4, 0.5) is 0 Å². The van der Waals surface area contributed by atoms with Crippen LogP contribution in [0.15, 0.2) is 12.2 Å². The van der Waals surface area contributed by atoms with E-state index in [0.717, 1.165) is 19.4 Å². The average molecular weight is 201 g/mol. The number of aliphatic hydroxyl groups excluding tert-OH is 1. The van der Waals surface area contributed by atoms with Gasteiger partial charge in [-0.15, -0.1) is 0 Å². The first-order valence-corrected chi connectivity index (χ1v) is 4.84. The van der Waals surface area contributed by atoms with Crippen molar-refractivity contribution in [3.63, 3.8) is 0 Å². The van der Waals surface area contributed by atoms with Gasteiger partial charge in [-0.3, -0.25) is 0 Å². The van der Waals surface area contributed by atoms with Gasteiger partial charge in [0.25, 0.3) is 0 Å². The summed E-state index contributed by atoms with van der Waals surface area (Å²) in [5.74, 6) is -0.561. The van der Waals surface area contributed by atoms with Gasteiger partial charge < -0.3 is 15.5 Å². The van der Waals surface area contributed by atoms with Gasteiger partial charge in [-0.25, -0.2) is 4.79 Å². The van der Waals surface area contributed by atoms with Gasteiger partial charge in [0.1, 0.15) is 0 Å². The molecule has 4 nitrogen and oxygen atoms in total. The van der Waals surface area contributed by atoms with Crippen LogP contribution in [-0.4, -0.2) is 35.9 Å². The van der Waals surface area contributed by atoms with E-state index >= 15 is 0 Å². The number of carboxylic acid groups (broad SMARTS) is 1. The van der Waals surface area contributed by atoms with Crippen LogP contribution in [0.5, 0.6) is 0 Å². The summed E-state index contributed by atoms with van der Waals surface area (Å²) in [5, 5.41) is 20.3. The Morgan fingerprint density at radius 2 is 2.21 bits per heavy atom. The fourth-order valence-electron chi connectivity index (χ4n) is 1.14. The number of hydrogen-bond acceptors (Lipinski definition) is 3.